The second-order valence-electron chi connectivity index (χ2n) is 7.77. The summed E-state index contributed by atoms with van der Waals surface area (Å²) in [5.41, 5.74) is 11.1. The molecule has 2 aromatic carbocycles. The second kappa shape index (κ2) is 10.2. The predicted molar refractivity (Wildman–Crippen MR) is 138 cm³/mol. The number of hydrogen-bond acceptors (Lipinski definition) is 6. The Kier molecular flexibility index (Phi) is 7.14. The van der Waals surface area contributed by atoms with E-state index in [0.717, 1.165) is 33.1 Å². The summed E-state index contributed by atoms with van der Waals surface area (Å²) in [6.07, 6.45) is 2.69. The summed E-state index contributed by atoms with van der Waals surface area (Å²) in [6, 6.07) is 16.0. The largest absolute Gasteiger partial charge is 0.369 e. The predicted octanol–water partition coefficient (Wildman–Crippen LogP) is 5.00. The van der Waals surface area contributed by atoms with Crippen LogP contribution in [0.4, 0.5) is 5.13 Å². The number of amides is 2. The molecule has 0 bridgehead atoms. The third-order valence-electron chi connectivity index (χ3n) is 5.28. The first-order valence-electron chi connectivity index (χ1n) is 10.8. The fourth-order valence-corrected chi connectivity index (χ4v) is 5.34. The van der Waals surface area contributed by atoms with Crippen LogP contribution in [-0.4, -0.2) is 32.3 Å². The maximum Gasteiger partial charge on any atom is 0.261 e. The van der Waals surface area contributed by atoms with E-state index < -0.39 is 5.91 Å². The first kappa shape index (κ1) is 23.7. The molecule has 4 aromatic rings. The molecule has 0 saturated heterocycles. The molecular weight excluding hydrogens is 466 g/mol. The highest BCUT2D eigenvalue weighted by Crippen LogP contribution is 2.33. The first-order valence-corrected chi connectivity index (χ1v) is 12.6. The van der Waals surface area contributed by atoms with Crippen molar-refractivity contribution in [3.8, 4) is 16.9 Å². The number of hydrogen-bond donors (Lipinski definition) is 2. The highest BCUT2D eigenvalue weighted by Gasteiger charge is 2.21. The van der Waals surface area contributed by atoms with Crippen LogP contribution < -0.4 is 11.1 Å². The number of nitrogens with two attached hydrogens (primary N) is 1. The van der Waals surface area contributed by atoms with Crippen LogP contribution in [0.25, 0.3) is 16.9 Å². The molecule has 0 fully saturated rings. The molecule has 0 atom stereocenters. The average molecular weight is 492 g/mol. The van der Waals surface area contributed by atoms with Gasteiger partial charge in [-0.15, -0.1) is 11.8 Å². The number of nitrogens with one attached hydrogen (secondary N) is 1. The fourth-order valence-electron chi connectivity index (χ4n) is 3.47. The fraction of sp³-hybridized carbons (Fsp3) is 0.200. The van der Waals surface area contributed by atoms with E-state index in [1.54, 1.807) is 10.9 Å². The molecule has 7 nitrogen and oxygen atoms in total. The number of thiazole rings is 1. The number of carbonyl (C=O) groups excluding carboxylic acids is 2. The van der Waals surface area contributed by atoms with Crippen LogP contribution in [-0.2, 0) is 11.2 Å². The van der Waals surface area contributed by atoms with Crippen LogP contribution >= 0.6 is 23.1 Å². The number of aryl methyl sites for hydroxylation is 3. The molecule has 3 N–H and O–H groups in total. The molecular formula is C25H25N5O2S2. The first-order chi connectivity index (χ1) is 16.4. The zero-order valence-electron chi connectivity index (χ0n) is 19.2. The number of anilines is 1. The smallest absolute Gasteiger partial charge is 0.261 e. The van der Waals surface area contributed by atoms with Crippen molar-refractivity contribution in [1.82, 2.24) is 14.8 Å². The molecule has 0 spiro atoms. The normalized spacial score (nSPS) is 10.9. The van der Waals surface area contributed by atoms with Crippen molar-refractivity contribution in [3.63, 3.8) is 0 Å². The minimum absolute atomic E-state index is 0.164. The summed E-state index contributed by atoms with van der Waals surface area (Å²) in [7, 11) is 0. The van der Waals surface area contributed by atoms with E-state index in [1.165, 1.54) is 28.7 Å². The Morgan fingerprint density at radius 1 is 1.12 bits per heavy atom. The monoisotopic (exact) mass is 491 g/mol. The van der Waals surface area contributed by atoms with Crippen LogP contribution in [0, 0.1) is 13.8 Å². The minimum atomic E-state index is -0.397. The number of aromatic nitrogens is 3. The average Bonchev–Trinajstić information content (AvgIpc) is 3.41. The maximum absolute atomic E-state index is 13.4. The molecule has 0 aliphatic heterocycles. The van der Waals surface area contributed by atoms with Crippen LogP contribution in [0.3, 0.4) is 0 Å². The van der Waals surface area contributed by atoms with Gasteiger partial charge in [0.15, 0.2) is 5.13 Å². The molecule has 2 amide bonds. The summed E-state index contributed by atoms with van der Waals surface area (Å²) in [4.78, 5) is 28.9. The summed E-state index contributed by atoms with van der Waals surface area (Å²) < 4.78 is 2.59. The molecule has 4 rings (SSSR count). The summed E-state index contributed by atoms with van der Waals surface area (Å²) in [5.74, 6) is -0.530. The van der Waals surface area contributed by atoms with Gasteiger partial charge in [0, 0.05) is 11.8 Å². The van der Waals surface area contributed by atoms with Gasteiger partial charge in [-0.3, -0.25) is 14.9 Å². The Morgan fingerprint density at radius 2 is 1.85 bits per heavy atom. The van der Waals surface area contributed by atoms with E-state index in [0.29, 0.717) is 16.4 Å². The number of rotatable bonds is 8. The zero-order chi connectivity index (χ0) is 24.2. The lowest BCUT2D eigenvalue weighted by Gasteiger charge is -2.05. The van der Waals surface area contributed by atoms with E-state index in [2.05, 4.69) is 29.4 Å². The van der Waals surface area contributed by atoms with Crippen molar-refractivity contribution in [2.45, 2.75) is 31.4 Å². The Labute approximate surface area is 206 Å². The third-order valence-corrected chi connectivity index (χ3v) is 7.73. The van der Waals surface area contributed by atoms with E-state index in [4.69, 9.17) is 10.8 Å². The lowest BCUT2D eigenvalue weighted by atomic mass is 10.0. The van der Waals surface area contributed by atoms with Crippen molar-refractivity contribution in [2.24, 2.45) is 5.73 Å². The molecule has 0 aliphatic carbocycles. The third kappa shape index (κ3) is 5.21. The van der Waals surface area contributed by atoms with Crippen molar-refractivity contribution in [1.29, 1.82) is 0 Å². The van der Waals surface area contributed by atoms with E-state index >= 15 is 0 Å². The number of nitrogens with zero attached hydrogens (tertiary/aromatic N) is 3. The topological polar surface area (TPSA) is 103 Å². The highest BCUT2D eigenvalue weighted by atomic mass is 32.2. The minimum Gasteiger partial charge on any atom is -0.369 e. The lowest BCUT2D eigenvalue weighted by molar-refractivity contribution is -0.115. The number of primary amides is 1. The summed E-state index contributed by atoms with van der Waals surface area (Å²) in [5, 5.41) is 8.15. The van der Waals surface area contributed by atoms with E-state index in [-0.39, 0.29) is 11.7 Å². The molecule has 34 heavy (non-hydrogen) atoms. The van der Waals surface area contributed by atoms with Gasteiger partial charge in [0.1, 0.15) is 5.69 Å². The molecule has 0 aliphatic rings. The van der Waals surface area contributed by atoms with Crippen molar-refractivity contribution in [2.75, 3.05) is 11.1 Å². The van der Waals surface area contributed by atoms with E-state index in [1.807, 2.05) is 50.2 Å². The summed E-state index contributed by atoms with van der Waals surface area (Å²) >= 11 is 2.64. The van der Waals surface area contributed by atoms with E-state index in [9.17, 15) is 9.59 Å². The number of para-hydroxylation sites is 1. The van der Waals surface area contributed by atoms with Gasteiger partial charge in [-0.05, 0) is 37.5 Å². The summed E-state index contributed by atoms with van der Waals surface area (Å²) in [6.45, 7) is 5.95. The highest BCUT2D eigenvalue weighted by molar-refractivity contribution is 8.01. The quantitative estimate of drug-likeness (QED) is 0.338. The number of benzene rings is 2. The van der Waals surface area contributed by atoms with Gasteiger partial charge in [0.2, 0.25) is 5.91 Å². The SMILES string of the molecule is CCc1ccc(-c2nn(-c3ccccc3C)cc2C(=O)Nc2nc(C)c(SCC(N)=O)s2)cc1. The van der Waals surface area contributed by atoms with Crippen molar-refractivity contribution < 1.29 is 9.59 Å². The molecule has 174 valence electrons. The lowest BCUT2D eigenvalue weighted by Crippen LogP contribution is -2.12. The molecule has 0 saturated carbocycles. The van der Waals surface area contributed by atoms with Gasteiger partial charge in [-0.2, -0.15) is 5.10 Å². The zero-order valence-corrected chi connectivity index (χ0v) is 20.8. The van der Waals surface area contributed by atoms with Gasteiger partial charge >= 0.3 is 0 Å². The Morgan fingerprint density at radius 3 is 2.53 bits per heavy atom. The second-order valence-corrected chi connectivity index (χ2v) is 10.0. The molecule has 0 radical (unpaired) electrons. The van der Waals surface area contributed by atoms with Gasteiger partial charge in [-0.25, -0.2) is 9.67 Å². The van der Waals surface area contributed by atoms with Crippen LogP contribution in [0.5, 0.6) is 0 Å². The number of thioether (sulfide) groups is 1. The van der Waals surface area contributed by atoms with Crippen LogP contribution in [0.2, 0.25) is 0 Å². The molecule has 2 aromatic heterocycles. The maximum atomic E-state index is 13.4. The molecule has 9 heteroatoms. The Bertz CT molecular complexity index is 1340. The van der Waals surface area contributed by atoms with Crippen LogP contribution in [0.1, 0.15) is 34.1 Å². The standard InChI is InChI=1S/C25H25N5O2S2/c1-4-17-9-11-18(12-10-17)22-19(13-30(29-22)20-8-6-5-7-15(20)2)23(32)28-25-27-16(3)24(34-25)33-14-21(26)31/h5-13H,4,14H2,1-3H3,(H2,26,31)(H,27,28,32). The Balaban J connectivity index is 1.69. The molecule has 2 heterocycles. The van der Waals surface area contributed by atoms with Crippen molar-refractivity contribution in [3.05, 3.63) is 77.1 Å². The Hall–Kier alpha value is -3.43. The van der Waals surface area contributed by atoms with Crippen LogP contribution in [0.15, 0.2) is 58.9 Å². The van der Waals surface area contributed by atoms with Crippen molar-refractivity contribution >= 4 is 40.0 Å². The van der Waals surface area contributed by atoms with Gasteiger partial charge in [-0.1, -0.05) is 60.7 Å². The van der Waals surface area contributed by atoms with Gasteiger partial charge in [0.25, 0.3) is 5.91 Å². The number of carbonyl (C=O) groups is 2. The molecule has 0 unspecified atom stereocenters. The van der Waals surface area contributed by atoms with Gasteiger partial charge in [0.05, 0.1) is 26.9 Å². The van der Waals surface area contributed by atoms with Gasteiger partial charge < -0.3 is 5.73 Å².